The van der Waals surface area contributed by atoms with E-state index in [1.165, 1.54) is 6.92 Å². The fourth-order valence-electron chi connectivity index (χ4n) is 3.88. The third-order valence-electron chi connectivity index (χ3n) is 6.26. The second-order valence-electron chi connectivity index (χ2n) is 9.12. The number of ether oxygens (including phenoxy) is 2. The van der Waals surface area contributed by atoms with Crippen LogP contribution in [0.1, 0.15) is 30.9 Å². The Hall–Kier alpha value is -2.94. The van der Waals surface area contributed by atoms with Gasteiger partial charge in [-0.25, -0.2) is 0 Å². The number of aliphatic carboxylic acids is 1. The van der Waals surface area contributed by atoms with Crippen molar-refractivity contribution in [2.24, 2.45) is 11.1 Å². The van der Waals surface area contributed by atoms with Gasteiger partial charge >= 0.3 is 5.97 Å². The number of rotatable bonds is 13. The Morgan fingerprint density at radius 3 is 2.54 bits per heavy atom. The summed E-state index contributed by atoms with van der Waals surface area (Å²) in [5.74, 6) is 0.392. The third kappa shape index (κ3) is 7.09. The van der Waals surface area contributed by atoms with Crippen LogP contribution in [-0.2, 0) is 17.9 Å². The summed E-state index contributed by atoms with van der Waals surface area (Å²) in [7, 11) is 0. The van der Waals surface area contributed by atoms with Gasteiger partial charge in [-0.15, -0.1) is 0 Å². The molecule has 1 aliphatic rings. The molecule has 37 heavy (non-hydrogen) atoms. The summed E-state index contributed by atoms with van der Waals surface area (Å²) < 4.78 is 13.1. The van der Waals surface area contributed by atoms with E-state index in [4.69, 9.17) is 21.1 Å². The summed E-state index contributed by atoms with van der Waals surface area (Å²) in [5.41, 5.74) is 3.80. The third-order valence-corrected chi connectivity index (χ3v) is 7.49. The Morgan fingerprint density at radius 2 is 1.86 bits per heavy atom. The molecule has 0 saturated heterocycles. The van der Waals surface area contributed by atoms with Crippen LogP contribution in [0.4, 0.5) is 0 Å². The SMILES string of the molecule is CC(N=O)C(NCc1cc(Cl)c(OCc2cccc(-c3ccccc3)c2Br)cc1OCC1CC1)C(=O)O. The number of hydrogen-bond acceptors (Lipinski definition) is 6. The molecular weight excluding hydrogens is 560 g/mol. The minimum Gasteiger partial charge on any atom is -0.493 e. The lowest BCUT2D eigenvalue weighted by atomic mass is 10.0. The van der Waals surface area contributed by atoms with Crippen molar-refractivity contribution in [1.29, 1.82) is 0 Å². The number of hydrogen-bond donors (Lipinski definition) is 2. The predicted octanol–water partition coefficient (Wildman–Crippen LogP) is 6.84. The Labute approximate surface area is 229 Å². The Kier molecular flexibility index (Phi) is 9.18. The number of nitrogens with zero attached hydrogens (tertiary/aromatic N) is 1. The molecule has 1 fully saturated rings. The normalized spacial score (nSPS) is 14.6. The topological polar surface area (TPSA) is 97.2 Å². The maximum atomic E-state index is 11.6. The molecule has 0 spiro atoms. The van der Waals surface area contributed by atoms with Crippen molar-refractivity contribution in [1.82, 2.24) is 5.32 Å². The van der Waals surface area contributed by atoms with E-state index in [0.717, 1.165) is 34.0 Å². The van der Waals surface area contributed by atoms with Crippen LogP contribution in [0.3, 0.4) is 0 Å². The molecule has 0 heterocycles. The molecule has 0 amide bonds. The van der Waals surface area contributed by atoms with Crippen molar-refractivity contribution in [2.45, 2.75) is 45.0 Å². The number of nitrogens with one attached hydrogen (secondary N) is 1. The van der Waals surface area contributed by atoms with Crippen molar-refractivity contribution in [2.75, 3.05) is 6.61 Å². The molecular formula is C28H28BrClN2O5. The fourth-order valence-corrected chi connectivity index (χ4v) is 4.73. The first-order valence-electron chi connectivity index (χ1n) is 12.1. The number of carboxylic acids is 1. The second-order valence-corrected chi connectivity index (χ2v) is 10.3. The van der Waals surface area contributed by atoms with Crippen LogP contribution < -0.4 is 14.8 Å². The van der Waals surface area contributed by atoms with E-state index in [0.29, 0.717) is 34.6 Å². The number of carboxylic acid groups (broad SMARTS) is 1. The maximum absolute atomic E-state index is 11.6. The highest BCUT2D eigenvalue weighted by Gasteiger charge is 2.26. The zero-order valence-corrected chi connectivity index (χ0v) is 22.7. The average Bonchev–Trinajstić information content (AvgIpc) is 3.73. The molecule has 9 heteroatoms. The minimum atomic E-state index is -1.15. The molecule has 4 rings (SSSR count). The van der Waals surface area contributed by atoms with Gasteiger partial charge in [-0.05, 0) is 58.8 Å². The highest BCUT2D eigenvalue weighted by atomic mass is 79.9. The Bertz CT molecular complexity index is 1250. The van der Waals surface area contributed by atoms with Gasteiger partial charge in [0.1, 0.15) is 30.2 Å². The van der Waals surface area contributed by atoms with Crippen molar-refractivity contribution in [3.05, 3.63) is 86.2 Å². The van der Waals surface area contributed by atoms with E-state index in [9.17, 15) is 14.8 Å². The molecule has 0 bridgehead atoms. The molecule has 2 unspecified atom stereocenters. The molecule has 0 radical (unpaired) electrons. The van der Waals surface area contributed by atoms with Crippen LogP contribution in [0.15, 0.2) is 70.3 Å². The van der Waals surface area contributed by atoms with Gasteiger partial charge < -0.3 is 14.6 Å². The number of halogens is 2. The van der Waals surface area contributed by atoms with Crippen molar-refractivity contribution >= 4 is 33.5 Å². The Morgan fingerprint density at radius 1 is 1.11 bits per heavy atom. The number of carbonyl (C=O) groups is 1. The molecule has 3 aromatic carbocycles. The Balaban J connectivity index is 1.53. The zero-order chi connectivity index (χ0) is 26.4. The van der Waals surface area contributed by atoms with Gasteiger partial charge in [-0.2, -0.15) is 4.91 Å². The van der Waals surface area contributed by atoms with Crippen LogP contribution in [0.5, 0.6) is 11.5 Å². The smallest absolute Gasteiger partial charge is 0.323 e. The van der Waals surface area contributed by atoms with Gasteiger partial charge in [0.05, 0.1) is 11.6 Å². The van der Waals surface area contributed by atoms with Gasteiger partial charge in [0.25, 0.3) is 0 Å². The van der Waals surface area contributed by atoms with Gasteiger partial charge in [0.2, 0.25) is 0 Å². The van der Waals surface area contributed by atoms with Crippen LogP contribution >= 0.6 is 27.5 Å². The van der Waals surface area contributed by atoms with Crippen molar-refractivity contribution in [3.63, 3.8) is 0 Å². The van der Waals surface area contributed by atoms with E-state index < -0.39 is 18.1 Å². The van der Waals surface area contributed by atoms with Crippen LogP contribution in [0.25, 0.3) is 11.1 Å². The fraction of sp³-hybridized carbons (Fsp3) is 0.321. The second kappa shape index (κ2) is 12.5. The molecule has 2 atom stereocenters. The lowest BCUT2D eigenvalue weighted by molar-refractivity contribution is -0.139. The molecule has 7 nitrogen and oxygen atoms in total. The van der Waals surface area contributed by atoms with E-state index in [1.54, 1.807) is 12.1 Å². The van der Waals surface area contributed by atoms with Crippen LogP contribution in [0.2, 0.25) is 5.02 Å². The van der Waals surface area contributed by atoms with Crippen LogP contribution in [0, 0.1) is 10.8 Å². The van der Waals surface area contributed by atoms with Gasteiger partial charge in [0.15, 0.2) is 0 Å². The number of benzene rings is 3. The molecule has 2 N–H and O–H groups in total. The van der Waals surface area contributed by atoms with E-state index in [2.05, 4.69) is 38.6 Å². The van der Waals surface area contributed by atoms with Crippen LogP contribution in [-0.4, -0.2) is 29.8 Å². The molecule has 0 aromatic heterocycles. The molecule has 1 saturated carbocycles. The molecule has 194 valence electrons. The highest BCUT2D eigenvalue weighted by molar-refractivity contribution is 9.10. The number of nitroso groups, excluding NO2 is 1. The predicted molar refractivity (Wildman–Crippen MR) is 147 cm³/mol. The molecule has 0 aliphatic heterocycles. The summed E-state index contributed by atoms with van der Waals surface area (Å²) in [6.45, 7) is 2.44. The lowest BCUT2D eigenvalue weighted by Gasteiger charge is -2.19. The lowest BCUT2D eigenvalue weighted by Crippen LogP contribution is -2.43. The van der Waals surface area contributed by atoms with Gasteiger partial charge in [0, 0.05) is 28.2 Å². The minimum absolute atomic E-state index is 0.140. The summed E-state index contributed by atoms with van der Waals surface area (Å²) >= 11 is 10.3. The maximum Gasteiger partial charge on any atom is 0.323 e. The first kappa shape index (κ1) is 27.1. The van der Waals surface area contributed by atoms with Gasteiger partial charge in [-0.1, -0.05) is 65.3 Å². The molecule has 3 aromatic rings. The summed E-state index contributed by atoms with van der Waals surface area (Å²) in [6.07, 6.45) is 2.25. The highest BCUT2D eigenvalue weighted by Crippen LogP contribution is 2.37. The van der Waals surface area contributed by atoms with Crippen molar-refractivity contribution < 1.29 is 19.4 Å². The summed E-state index contributed by atoms with van der Waals surface area (Å²) in [5, 5.41) is 15.6. The molecule has 1 aliphatic carbocycles. The summed E-state index contributed by atoms with van der Waals surface area (Å²) in [6, 6.07) is 17.5. The summed E-state index contributed by atoms with van der Waals surface area (Å²) in [4.78, 5) is 22.5. The quantitative estimate of drug-likeness (QED) is 0.213. The van der Waals surface area contributed by atoms with E-state index in [1.807, 2.05) is 36.4 Å². The first-order chi connectivity index (χ1) is 17.9. The first-order valence-corrected chi connectivity index (χ1v) is 13.2. The van der Waals surface area contributed by atoms with E-state index >= 15 is 0 Å². The zero-order valence-electron chi connectivity index (χ0n) is 20.3. The standard InChI is InChI=1S/C28H28BrClN2O5/c1-17(32-35)27(28(33)34)31-14-21-12-23(30)25(13-24(21)36-15-18-10-11-18)37-16-20-8-5-9-22(26(20)29)19-6-3-2-4-7-19/h2-9,12-13,17-18,27,31H,10-11,14-16H2,1H3,(H,33,34). The van der Waals surface area contributed by atoms with E-state index in [-0.39, 0.29) is 13.2 Å². The largest absolute Gasteiger partial charge is 0.493 e. The van der Waals surface area contributed by atoms with Crippen molar-refractivity contribution in [3.8, 4) is 22.6 Å². The monoisotopic (exact) mass is 586 g/mol. The average molecular weight is 588 g/mol. The van der Waals surface area contributed by atoms with Gasteiger partial charge in [-0.3, -0.25) is 10.1 Å².